The van der Waals surface area contributed by atoms with Crippen LogP contribution in [0, 0.1) is 6.92 Å². The monoisotopic (exact) mass is 204 g/mol. The second-order valence-corrected chi connectivity index (χ2v) is 3.92. The third kappa shape index (κ3) is 1.48. The number of anilines is 2. The van der Waals surface area contributed by atoms with E-state index in [0.717, 1.165) is 23.5 Å². The van der Waals surface area contributed by atoms with Crippen molar-refractivity contribution >= 4 is 17.3 Å². The summed E-state index contributed by atoms with van der Waals surface area (Å²) in [7, 11) is 0. The van der Waals surface area contributed by atoms with Gasteiger partial charge in [-0.25, -0.2) is 0 Å². The van der Waals surface area contributed by atoms with E-state index in [9.17, 15) is 4.79 Å². The highest BCUT2D eigenvalue weighted by molar-refractivity contribution is 6.05. The number of aryl methyl sites for hydroxylation is 1. The number of likely N-dealkylation sites (N-methyl/N-ethyl adjacent to an activating group) is 1. The van der Waals surface area contributed by atoms with Gasteiger partial charge >= 0.3 is 0 Å². The van der Waals surface area contributed by atoms with E-state index in [2.05, 4.69) is 5.32 Å². The molecule has 1 heterocycles. The summed E-state index contributed by atoms with van der Waals surface area (Å²) >= 11 is 0. The molecule has 1 atom stereocenters. The highest BCUT2D eigenvalue weighted by atomic mass is 16.2. The van der Waals surface area contributed by atoms with Crippen LogP contribution in [0.1, 0.15) is 19.4 Å². The molecule has 1 aliphatic rings. The first-order chi connectivity index (χ1) is 7.15. The Hall–Kier alpha value is -1.51. The van der Waals surface area contributed by atoms with Gasteiger partial charge in [-0.15, -0.1) is 0 Å². The van der Waals surface area contributed by atoms with Crippen molar-refractivity contribution in [2.75, 3.05) is 16.8 Å². The number of nitrogens with one attached hydrogen (secondary N) is 1. The van der Waals surface area contributed by atoms with Crippen molar-refractivity contribution < 1.29 is 4.79 Å². The van der Waals surface area contributed by atoms with Gasteiger partial charge < -0.3 is 10.2 Å². The lowest BCUT2D eigenvalue weighted by molar-refractivity contribution is -0.119. The van der Waals surface area contributed by atoms with Gasteiger partial charge in [0.05, 0.1) is 11.4 Å². The first-order valence-corrected chi connectivity index (χ1v) is 5.32. The highest BCUT2D eigenvalue weighted by Gasteiger charge is 2.29. The molecule has 3 heteroatoms. The maximum Gasteiger partial charge on any atom is 0.249 e. The molecule has 0 fully saturated rings. The van der Waals surface area contributed by atoms with Crippen LogP contribution in [-0.4, -0.2) is 18.5 Å². The number of carbonyl (C=O) groups is 1. The molecule has 1 unspecified atom stereocenters. The fourth-order valence-corrected chi connectivity index (χ4v) is 2.09. The second-order valence-electron chi connectivity index (χ2n) is 3.92. The van der Waals surface area contributed by atoms with Crippen LogP contribution in [0.4, 0.5) is 11.4 Å². The van der Waals surface area contributed by atoms with Crippen LogP contribution >= 0.6 is 0 Å². The van der Waals surface area contributed by atoms with Crippen LogP contribution in [0.5, 0.6) is 0 Å². The van der Waals surface area contributed by atoms with Gasteiger partial charge in [-0.05, 0) is 32.4 Å². The van der Waals surface area contributed by atoms with Crippen LogP contribution in [0.3, 0.4) is 0 Å². The molecule has 0 spiro atoms. The molecule has 0 aliphatic carbocycles. The van der Waals surface area contributed by atoms with Crippen molar-refractivity contribution in [3.8, 4) is 0 Å². The normalized spacial score (nSPS) is 19.8. The smallest absolute Gasteiger partial charge is 0.249 e. The van der Waals surface area contributed by atoms with Gasteiger partial charge in [-0.1, -0.05) is 12.1 Å². The number of hydrogen-bond donors (Lipinski definition) is 1. The molecule has 0 radical (unpaired) electrons. The Kier molecular flexibility index (Phi) is 2.39. The maximum absolute atomic E-state index is 11.9. The number of para-hydroxylation sites is 1. The van der Waals surface area contributed by atoms with Gasteiger partial charge in [-0.3, -0.25) is 4.79 Å². The van der Waals surface area contributed by atoms with Crippen molar-refractivity contribution in [3.63, 3.8) is 0 Å². The number of nitrogens with zero attached hydrogens (tertiary/aromatic N) is 1. The topological polar surface area (TPSA) is 32.3 Å². The lowest BCUT2D eigenvalue weighted by atomic mass is 10.1. The van der Waals surface area contributed by atoms with Crippen LogP contribution in [0.15, 0.2) is 18.2 Å². The maximum atomic E-state index is 11.9. The predicted octanol–water partition coefficient (Wildman–Crippen LogP) is 2.16. The SMILES string of the molecule is CCN1C(=O)C(C)Nc2cccc(C)c21. The van der Waals surface area contributed by atoms with E-state index in [4.69, 9.17) is 0 Å². The number of benzene rings is 1. The minimum Gasteiger partial charge on any atom is -0.372 e. The molecular formula is C12H16N2O. The molecule has 0 saturated carbocycles. The van der Waals surface area contributed by atoms with E-state index in [1.54, 1.807) is 0 Å². The predicted molar refractivity (Wildman–Crippen MR) is 62.3 cm³/mol. The molecule has 3 nitrogen and oxygen atoms in total. The summed E-state index contributed by atoms with van der Waals surface area (Å²) in [5.74, 6) is 0.152. The fourth-order valence-electron chi connectivity index (χ4n) is 2.09. The highest BCUT2D eigenvalue weighted by Crippen LogP contribution is 2.34. The Labute approximate surface area is 90.1 Å². The zero-order valence-corrected chi connectivity index (χ0v) is 9.37. The van der Waals surface area contributed by atoms with E-state index in [1.807, 2.05) is 43.9 Å². The second kappa shape index (κ2) is 3.57. The van der Waals surface area contributed by atoms with Crippen LogP contribution in [0.2, 0.25) is 0 Å². The Morgan fingerprint density at radius 3 is 2.87 bits per heavy atom. The molecule has 1 N–H and O–H groups in total. The van der Waals surface area contributed by atoms with Gasteiger partial charge in [0.15, 0.2) is 0 Å². The number of hydrogen-bond acceptors (Lipinski definition) is 2. The fraction of sp³-hybridized carbons (Fsp3) is 0.417. The van der Waals surface area contributed by atoms with Gasteiger partial charge in [-0.2, -0.15) is 0 Å². The van der Waals surface area contributed by atoms with Crippen molar-refractivity contribution in [1.82, 2.24) is 0 Å². The van der Waals surface area contributed by atoms with Gasteiger partial charge in [0.1, 0.15) is 6.04 Å². The number of fused-ring (bicyclic) bond motifs is 1. The molecule has 15 heavy (non-hydrogen) atoms. The van der Waals surface area contributed by atoms with Crippen molar-refractivity contribution in [1.29, 1.82) is 0 Å². The summed E-state index contributed by atoms with van der Waals surface area (Å²) in [5.41, 5.74) is 3.23. The van der Waals surface area contributed by atoms with Crippen LogP contribution in [-0.2, 0) is 4.79 Å². The average Bonchev–Trinajstić information content (AvgIpc) is 2.21. The Balaban J connectivity index is 2.56. The molecule has 0 bridgehead atoms. The average molecular weight is 204 g/mol. The van der Waals surface area contributed by atoms with Crippen molar-refractivity contribution in [3.05, 3.63) is 23.8 Å². The van der Waals surface area contributed by atoms with Crippen LogP contribution in [0.25, 0.3) is 0 Å². The van der Waals surface area contributed by atoms with Gasteiger partial charge in [0.25, 0.3) is 0 Å². The molecule has 1 aromatic rings. The molecule has 1 aliphatic heterocycles. The first kappa shape index (κ1) is 10.0. The zero-order valence-electron chi connectivity index (χ0n) is 9.37. The van der Waals surface area contributed by atoms with E-state index in [-0.39, 0.29) is 11.9 Å². The standard InChI is InChI=1S/C12H16N2O/c1-4-14-11-8(2)6-5-7-10(11)13-9(3)12(14)15/h5-7,9,13H,4H2,1-3H3. The zero-order chi connectivity index (χ0) is 11.0. The molecule has 80 valence electrons. The number of amides is 1. The Bertz CT molecular complexity index is 401. The summed E-state index contributed by atoms with van der Waals surface area (Å²) < 4.78 is 0. The first-order valence-electron chi connectivity index (χ1n) is 5.32. The van der Waals surface area contributed by atoms with E-state index in [1.165, 1.54) is 0 Å². The van der Waals surface area contributed by atoms with Crippen molar-refractivity contribution in [2.45, 2.75) is 26.8 Å². The summed E-state index contributed by atoms with van der Waals surface area (Å²) in [4.78, 5) is 13.8. The summed E-state index contributed by atoms with van der Waals surface area (Å²) in [6.07, 6.45) is 0. The minimum atomic E-state index is -0.126. The Morgan fingerprint density at radius 2 is 2.20 bits per heavy atom. The molecule has 1 amide bonds. The number of rotatable bonds is 1. The van der Waals surface area contributed by atoms with Crippen LogP contribution < -0.4 is 10.2 Å². The quantitative estimate of drug-likeness (QED) is 0.760. The molecule has 0 saturated heterocycles. The Morgan fingerprint density at radius 1 is 1.47 bits per heavy atom. The van der Waals surface area contributed by atoms with Crippen molar-refractivity contribution in [2.24, 2.45) is 0 Å². The summed E-state index contributed by atoms with van der Waals surface area (Å²) in [6.45, 7) is 6.66. The van der Waals surface area contributed by atoms with E-state index < -0.39 is 0 Å². The third-order valence-electron chi connectivity index (χ3n) is 2.83. The van der Waals surface area contributed by atoms with Gasteiger partial charge in [0, 0.05) is 6.54 Å². The van der Waals surface area contributed by atoms with Gasteiger partial charge in [0.2, 0.25) is 5.91 Å². The van der Waals surface area contributed by atoms with E-state index in [0.29, 0.717) is 0 Å². The molecule has 0 aromatic heterocycles. The summed E-state index contributed by atoms with van der Waals surface area (Å²) in [5, 5.41) is 3.22. The molecular weight excluding hydrogens is 188 g/mol. The lowest BCUT2D eigenvalue weighted by Crippen LogP contribution is -2.45. The lowest BCUT2D eigenvalue weighted by Gasteiger charge is -2.34. The largest absolute Gasteiger partial charge is 0.372 e. The third-order valence-corrected chi connectivity index (χ3v) is 2.83. The number of carbonyl (C=O) groups excluding carboxylic acids is 1. The summed E-state index contributed by atoms with van der Waals surface area (Å²) in [6, 6.07) is 5.94. The minimum absolute atomic E-state index is 0.126. The van der Waals surface area contributed by atoms with E-state index >= 15 is 0 Å². The molecule has 1 aromatic carbocycles. The molecule has 2 rings (SSSR count).